The highest BCUT2D eigenvalue weighted by Gasteiger charge is 2.22. The lowest BCUT2D eigenvalue weighted by atomic mass is 10.2. The molecule has 2 heterocycles. The van der Waals surface area contributed by atoms with Gasteiger partial charge in [0.25, 0.3) is 11.5 Å². The minimum atomic E-state index is -0.760. The van der Waals surface area contributed by atoms with E-state index in [-0.39, 0.29) is 41.7 Å². The van der Waals surface area contributed by atoms with Gasteiger partial charge < -0.3 is 20.1 Å². The lowest BCUT2D eigenvalue weighted by molar-refractivity contribution is 0.102. The predicted octanol–water partition coefficient (Wildman–Crippen LogP) is 3.52. The molecule has 0 fully saturated rings. The molecule has 12 heteroatoms. The molecular formula is C27H27FN6O5. The molecule has 2 aromatic carbocycles. The number of pyridine rings is 1. The van der Waals surface area contributed by atoms with E-state index in [4.69, 9.17) is 9.84 Å². The molecule has 11 nitrogen and oxygen atoms in total. The van der Waals surface area contributed by atoms with Crippen molar-refractivity contribution in [3.05, 3.63) is 94.3 Å². The number of nitrogens with zero attached hydrogens (tertiary/aromatic N) is 4. The van der Waals surface area contributed by atoms with Crippen LogP contribution >= 0.6 is 0 Å². The molecule has 0 atom stereocenters. The van der Waals surface area contributed by atoms with Gasteiger partial charge in [0, 0.05) is 44.7 Å². The van der Waals surface area contributed by atoms with Gasteiger partial charge >= 0.3 is 6.03 Å². The van der Waals surface area contributed by atoms with Crippen LogP contribution in [0.3, 0.4) is 0 Å². The summed E-state index contributed by atoms with van der Waals surface area (Å²) in [6, 6.07) is 15.2. The van der Waals surface area contributed by atoms with Crippen LogP contribution in [0.4, 0.5) is 20.7 Å². The Balaban J connectivity index is 1.48. The molecule has 0 saturated carbocycles. The van der Waals surface area contributed by atoms with Gasteiger partial charge in [-0.3, -0.25) is 19.6 Å². The number of likely N-dealkylation sites (N-methyl/N-ethyl adjacent to an activating group) is 1. The number of carbonyl (C=O) groups excluding carboxylic acids is 2. The zero-order valence-corrected chi connectivity index (χ0v) is 21.5. The van der Waals surface area contributed by atoms with Crippen LogP contribution in [0.15, 0.2) is 71.7 Å². The van der Waals surface area contributed by atoms with Crippen molar-refractivity contribution in [3.63, 3.8) is 0 Å². The van der Waals surface area contributed by atoms with E-state index in [2.05, 4.69) is 15.6 Å². The lowest BCUT2D eigenvalue weighted by Crippen LogP contribution is -2.33. The van der Waals surface area contributed by atoms with Gasteiger partial charge in [-0.25, -0.2) is 18.9 Å². The number of carbonyl (C=O) groups is 2. The minimum absolute atomic E-state index is 0.0573. The third kappa shape index (κ3) is 5.96. The molecule has 0 aliphatic heterocycles. The Hall–Kier alpha value is -4.97. The van der Waals surface area contributed by atoms with Crippen molar-refractivity contribution in [1.82, 2.24) is 19.2 Å². The molecule has 3 N–H and O–H groups in total. The van der Waals surface area contributed by atoms with Crippen molar-refractivity contribution in [1.29, 1.82) is 0 Å². The maximum atomic E-state index is 14.9. The molecule has 2 aromatic heterocycles. The minimum Gasteiger partial charge on any atom is -0.454 e. The maximum Gasteiger partial charge on any atom is 0.322 e. The molecular weight excluding hydrogens is 507 g/mol. The smallest absolute Gasteiger partial charge is 0.322 e. The first kappa shape index (κ1) is 27.1. The Labute approximate surface area is 223 Å². The van der Waals surface area contributed by atoms with E-state index in [9.17, 15) is 18.8 Å². The normalized spacial score (nSPS) is 10.7. The second-order valence-corrected chi connectivity index (χ2v) is 8.59. The number of hydrogen-bond donors (Lipinski definition) is 3. The number of hydrogen-bond acceptors (Lipinski definition) is 6. The van der Waals surface area contributed by atoms with Gasteiger partial charge in [0.2, 0.25) is 0 Å². The lowest BCUT2D eigenvalue weighted by Gasteiger charge is -2.16. The van der Waals surface area contributed by atoms with E-state index < -0.39 is 23.3 Å². The summed E-state index contributed by atoms with van der Waals surface area (Å²) < 4.78 is 23.4. The topological polar surface area (TPSA) is 131 Å². The van der Waals surface area contributed by atoms with Crippen LogP contribution in [0.5, 0.6) is 11.5 Å². The number of halogens is 1. The zero-order valence-electron chi connectivity index (χ0n) is 21.5. The van der Waals surface area contributed by atoms with Crippen LogP contribution in [0.2, 0.25) is 0 Å². The fraction of sp³-hybridized carbons (Fsp3) is 0.185. The second-order valence-electron chi connectivity index (χ2n) is 8.59. The zero-order chi connectivity index (χ0) is 28.1. The predicted molar refractivity (Wildman–Crippen MR) is 143 cm³/mol. The van der Waals surface area contributed by atoms with E-state index in [0.29, 0.717) is 11.4 Å². The fourth-order valence-corrected chi connectivity index (χ4v) is 3.81. The molecule has 3 amide bonds. The van der Waals surface area contributed by atoms with E-state index in [0.717, 1.165) is 6.07 Å². The third-order valence-corrected chi connectivity index (χ3v) is 5.95. The van der Waals surface area contributed by atoms with Crippen LogP contribution < -0.4 is 20.9 Å². The average molecular weight is 535 g/mol. The van der Waals surface area contributed by atoms with Crippen LogP contribution in [0.1, 0.15) is 16.1 Å². The van der Waals surface area contributed by atoms with Crippen LogP contribution in [0.25, 0.3) is 5.69 Å². The molecule has 39 heavy (non-hydrogen) atoms. The standard InChI is InChI=1S/C27H27FN6O5/c1-17-24(26(37)34(33(17)3)19-7-5-4-6-8-19)25(36)30-18-9-10-22(21(28)15-18)39-20-11-12-29-23(16-20)31-27(38)32(2)13-14-35/h4-12,15-16,35H,13-14H2,1-3H3,(H,30,36)(H,29,31,38). The first-order valence-corrected chi connectivity index (χ1v) is 11.9. The Kier molecular flexibility index (Phi) is 8.06. The Morgan fingerprint density at radius 1 is 1.10 bits per heavy atom. The van der Waals surface area contributed by atoms with Crippen LogP contribution in [0, 0.1) is 12.7 Å². The number of aliphatic hydroxyl groups excluding tert-OH is 1. The Bertz CT molecular complexity index is 1570. The van der Waals surface area contributed by atoms with Crippen molar-refractivity contribution in [2.45, 2.75) is 6.92 Å². The number of aromatic nitrogens is 3. The summed E-state index contributed by atoms with van der Waals surface area (Å²) >= 11 is 0. The molecule has 4 rings (SSSR count). The number of ether oxygens (including phenoxy) is 1. The van der Waals surface area contributed by atoms with Gasteiger partial charge in [-0.2, -0.15) is 0 Å². The summed E-state index contributed by atoms with van der Waals surface area (Å²) in [7, 11) is 3.19. The summed E-state index contributed by atoms with van der Waals surface area (Å²) in [6.45, 7) is 1.61. The molecule has 0 bridgehead atoms. The van der Waals surface area contributed by atoms with Crippen molar-refractivity contribution in [2.24, 2.45) is 7.05 Å². The van der Waals surface area contributed by atoms with E-state index in [1.54, 1.807) is 42.9 Å². The molecule has 0 unspecified atom stereocenters. The molecule has 4 aromatic rings. The highest BCUT2D eigenvalue weighted by molar-refractivity contribution is 6.05. The first-order chi connectivity index (χ1) is 18.7. The quantitative estimate of drug-likeness (QED) is 0.317. The van der Waals surface area contributed by atoms with E-state index in [1.165, 1.54) is 47.1 Å². The monoisotopic (exact) mass is 534 g/mol. The molecule has 0 aliphatic carbocycles. The number of aliphatic hydroxyl groups is 1. The summed E-state index contributed by atoms with van der Waals surface area (Å²) in [5.74, 6) is -1.18. The van der Waals surface area contributed by atoms with Crippen LogP contribution in [-0.2, 0) is 7.05 Å². The van der Waals surface area contributed by atoms with Gasteiger partial charge in [-0.05, 0) is 37.3 Å². The van der Waals surface area contributed by atoms with Gasteiger partial charge in [-0.15, -0.1) is 0 Å². The van der Waals surface area contributed by atoms with Gasteiger partial charge in [0.05, 0.1) is 18.0 Å². The molecule has 0 aliphatic rings. The molecule has 0 radical (unpaired) electrons. The summed E-state index contributed by atoms with van der Waals surface area (Å²) in [5.41, 5.74) is 0.634. The number of benzene rings is 2. The number of nitrogens with one attached hydrogen (secondary N) is 2. The van der Waals surface area contributed by atoms with E-state index in [1.807, 2.05) is 6.07 Å². The van der Waals surface area contributed by atoms with Gasteiger partial charge in [0.1, 0.15) is 17.1 Å². The second kappa shape index (κ2) is 11.6. The fourth-order valence-electron chi connectivity index (χ4n) is 3.81. The van der Waals surface area contributed by atoms with Crippen molar-refractivity contribution in [2.75, 3.05) is 30.8 Å². The summed E-state index contributed by atoms with van der Waals surface area (Å²) in [5, 5.41) is 14.1. The van der Waals surface area contributed by atoms with Gasteiger partial charge in [-0.1, -0.05) is 18.2 Å². The molecule has 0 spiro atoms. The van der Waals surface area contributed by atoms with E-state index >= 15 is 0 Å². The van der Waals surface area contributed by atoms with Crippen molar-refractivity contribution in [3.8, 4) is 17.2 Å². The SMILES string of the molecule is Cc1c(C(=O)Nc2ccc(Oc3ccnc(NC(=O)N(C)CCO)c3)c(F)c2)c(=O)n(-c2ccccc2)n1C. The average Bonchev–Trinajstić information content (AvgIpc) is 3.14. The van der Waals surface area contributed by atoms with Gasteiger partial charge in [0.15, 0.2) is 11.6 Å². The highest BCUT2D eigenvalue weighted by atomic mass is 19.1. The number of amides is 3. The summed E-state index contributed by atoms with van der Waals surface area (Å²) in [4.78, 5) is 43.5. The largest absolute Gasteiger partial charge is 0.454 e. The molecule has 0 saturated heterocycles. The van der Waals surface area contributed by atoms with Crippen LogP contribution in [-0.4, -0.2) is 56.5 Å². The number of urea groups is 1. The third-order valence-electron chi connectivity index (χ3n) is 5.95. The van der Waals surface area contributed by atoms with Crippen molar-refractivity contribution < 1.29 is 23.8 Å². The first-order valence-electron chi connectivity index (χ1n) is 11.9. The maximum absolute atomic E-state index is 14.9. The number of rotatable bonds is 8. The number of para-hydroxylation sites is 1. The highest BCUT2D eigenvalue weighted by Crippen LogP contribution is 2.28. The van der Waals surface area contributed by atoms with Crippen molar-refractivity contribution >= 4 is 23.4 Å². The number of anilines is 2. The summed E-state index contributed by atoms with van der Waals surface area (Å²) in [6.07, 6.45) is 1.38. The molecule has 202 valence electrons. The Morgan fingerprint density at radius 3 is 2.54 bits per heavy atom. The Morgan fingerprint density at radius 2 is 1.85 bits per heavy atom.